The molecule has 0 unspecified atom stereocenters. The fourth-order valence-electron chi connectivity index (χ4n) is 1.88. The Morgan fingerprint density at radius 2 is 2.30 bits per heavy atom. The van der Waals surface area contributed by atoms with Crippen molar-refractivity contribution in [2.75, 3.05) is 12.4 Å². The molecule has 0 atom stereocenters. The Morgan fingerprint density at radius 1 is 1.39 bits per heavy atom. The molecule has 0 saturated carbocycles. The van der Waals surface area contributed by atoms with Crippen LogP contribution in [-0.4, -0.2) is 28.1 Å². The zero-order valence-electron chi connectivity index (χ0n) is 12.4. The molecule has 0 radical (unpaired) electrons. The maximum absolute atomic E-state index is 11.9. The molecule has 0 aromatic carbocycles. The van der Waals surface area contributed by atoms with Gasteiger partial charge in [0, 0.05) is 29.9 Å². The van der Waals surface area contributed by atoms with E-state index in [1.807, 2.05) is 16.8 Å². The summed E-state index contributed by atoms with van der Waals surface area (Å²) in [5.41, 5.74) is 1.53. The summed E-state index contributed by atoms with van der Waals surface area (Å²) in [7, 11) is 1.54. The first-order valence-corrected chi connectivity index (χ1v) is 7.84. The zero-order valence-corrected chi connectivity index (χ0v) is 13.2. The summed E-state index contributed by atoms with van der Waals surface area (Å²) in [6.07, 6.45) is 2.17. The number of aromatic nitrogens is 3. The molecule has 3 aromatic rings. The first kappa shape index (κ1) is 15.2. The highest BCUT2D eigenvalue weighted by atomic mass is 32.1. The highest BCUT2D eigenvalue weighted by Crippen LogP contribution is 2.19. The van der Waals surface area contributed by atoms with E-state index in [1.54, 1.807) is 23.5 Å². The molecule has 0 saturated heterocycles. The highest BCUT2D eigenvalue weighted by Gasteiger charge is 2.11. The fourth-order valence-corrected chi connectivity index (χ4v) is 2.52. The van der Waals surface area contributed by atoms with E-state index < -0.39 is 0 Å². The predicted octanol–water partition coefficient (Wildman–Crippen LogP) is 2.77. The average molecular weight is 330 g/mol. The van der Waals surface area contributed by atoms with Crippen LogP contribution in [0.2, 0.25) is 0 Å². The molecular formula is C15H14N4O3S. The van der Waals surface area contributed by atoms with Crippen LogP contribution in [0, 0.1) is 0 Å². The van der Waals surface area contributed by atoms with Gasteiger partial charge in [-0.2, -0.15) is 16.3 Å². The lowest BCUT2D eigenvalue weighted by atomic mass is 10.3. The van der Waals surface area contributed by atoms with Crippen molar-refractivity contribution < 1.29 is 14.1 Å². The van der Waals surface area contributed by atoms with E-state index >= 15 is 0 Å². The van der Waals surface area contributed by atoms with Crippen LogP contribution in [0.25, 0.3) is 11.4 Å². The Hall–Kier alpha value is -2.74. The number of carbonyl (C=O) groups excluding carboxylic acids is 1. The minimum absolute atomic E-state index is 0.146. The minimum atomic E-state index is -0.146. The first-order valence-electron chi connectivity index (χ1n) is 6.89. The third-order valence-corrected chi connectivity index (χ3v) is 3.73. The number of pyridine rings is 1. The standard InChI is InChI=1S/C15H14N4O3S/c1-21-13-4-2-11(8-16-13)17-12(20)3-5-14-18-15(19-22-14)10-6-7-23-9-10/h2,4,6-9H,3,5H2,1H3,(H,17,20). The van der Waals surface area contributed by atoms with Gasteiger partial charge in [-0.1, -0.05) is 5.16 Å². The number of nitrogens with zero attached hydrogens (tertiary/aromatic N) is 3. The van der Waals surface area contributed by atoms with Gasteiger partial charge in [-0.05, 0) is 17.5 Å². The molecule has 0 aliphatic rings. The van der Waals surface area contributed by atoms with Crippen molar-refractivity contribution in [2.45, 2.75) is 12.8 Å². The quantitative estimate of drug-likeness (QED) is 0.747. The topological polar surface area (TPSA) is 90.1 Å². The normalized spacial score (nSPS) is 10.5. The van der Waals surface area contributed by atoms with Crippen LogP contribution in [0.3, 0.4) is 0 Å². The molecule has 0 fully saturated rings. The van der Waals surface area contributed by atoms with Crippen molar-refractivity contribution >= 4 is 22.9 Å². The number of ether oxygens (including phenoxy) is 1. The van der Waals surface area contributed by atoms with E-state index in [9.17, 15) is 4.79 Å². The van der Waals surface area contributed by atoms with Gasteiger partial charge in [0.25, 0.3) is 0 Å². The Bertz CT molecular complexity index is 768. The second-order valence-electron chi connectivity index (χ2n) is 4.66. The lowest BCUT2D eigenvalue weighted by molar-refractivity contribution is -0.116. The summed E-state index contributed by atoms with van der Waals surface area (Å²) in [6.45, 7) is 0. The second-order valence-corrected chi connectivity index (χ2v) is 5.44. The zero-order chi connectivity index (χ0) is 16.1. The SMILES string of the molecule is COc1ccc(NC(=O)CCc2nc(-c3ccsc3)no2)cn1. The molecule has 1 N–H and O–H groups in total. The summed E-state index contributed by atoms with van der Waals surface area (Å²) in [5, 5.41) is 10.5. The van der Waals surface area contributed by atoms with Crippen molar-refractivity contribution in [3.8, 4) is 17.3 Å². The van der Waals surface area contributed by atoms with Gasteiger partial charge < -0.3 is 14.6 Å². The van der Waals surface area contributed by atoms with Crippen LogP contribution in [0.1, 0.15) is 12.3 Å². The maximum atomic E-state index is 11.9. The molecule has 0 spiro atoms. The number of hydrogen-bond donors (Lipinski definition) is 1. The van der Waals surface area contributed by atoms with E-state index in [2.05, 4.69) is 20.4 Å². The van der Waals surface area contributed by atoms with Crippen molar-refractivity contribution in [1.29, 1.82) is 0 Å². The number of hydrogen-bond acceptors (Lipinski definition) is 7. The van der Waals surface area contributed by atoms with Gasteiger partial charge >= 0.3 is 0 Å². The molecule has 23 heavy (non-hydrogen) atoms. The first-order chi connectivity index (χ1) is 11.2. The maximum Gasteiger partial charge on any atom is 0.227 e. The molecular weight excluding hydrogens is 316 g/mol. The fraction of sp³-hybridized carbons (Fsp3) is 0.200. The van der Waals surface area contributed by atoms with E-state index in [1.165, 1.54) is 13.3 Å². The number of rotatable bonds is 6. The highest BCUT2D eigenvalue weighted by molar-refractivity contribution is 7.08. The van der Waals surface area contributed by atoms with Gasteiger partial charge in [0.05, 0.1) is 19.0 Å². The van der Waals surface area contributed by atoms with Crippen molar-refractivity contribution in [2.24, 2.45) is 0 Å². The van der Waals surface area contributed by atoms with Crippen LogP contribution in [0.15, 0.2) is 39.7 Å². The number of methoxy groups -OCH3 is 1. The van der Waals surface area contributed by atoms with Crippen LogP contribution in [-0.2, 0) is 11.2 Å². The van der Waals surface area contributed by atoms with Gasteiger partial charge in [-0.25, -0.2) is 4.98 Å². The number of anilines is 1. The Balaban J connectivity index is 1.52. The van der Waals surface area contributed by atoms with Crippen LogP contribution >= 0.6 is 11.3 Å². The van der Waals surface area contributed by atoms with Crippen molar-refractivity contribution in [1.82, 2.24) is 15.1 Å². The van der Waals surface area contributed by atoms with Gasteiger partial charge in [0.1, 0.15) is 0 Å². The lowest BCUT2D eigenvalue weighted by Gasteiger charge is -2.04. The van der Waals surface area contributed by atoms with E-state index in [0.29, 0.717) is 29.7 Å². The molecule has 8 heteroatoms. The number of nitrogens with one attached hydrogen (secondary N) is 1. The van der Waals surface area contributed by atoms with Gasteiger partial charge in [-0.15, -0.1) is 0 Å². The summed E-state index contributed by atoms with van der Waals surface area (Å²) in [6, 6.07) is 5.33. The molecule has 0 bridgehead atoms. The summed E-state index contributed by atoms with van der Waals surface area (Å²) >= 11 is 1.57. The minimum Gasteiger partial charge on any atom is -0.481 e. The largest absolute Gasteiger partial charge is 0.481 e. The second kappa shape index (κ2) is 7.01. The van der Waals surface area contributed by atoms with E-state index in [0.717, 1.165) is 5.56 Å². The molecule has 7 nitrogen and oxygen atoms in total. The van der Waals surface area contributed by atoms with E-state index in [-0.39, 0.29) is 12.3 Å². The summed E-state index contributed by atoms with van der Waals surface area (Å²) < 4.78 is 10.1. The molecule has 0 aliphatic heterocycles. The summed E-state index contributed by atoms with van der Waals surface area (Å²) in [4.78, 5) is 20.2. The van der Waals surface area contributed by atoms with Crippen LogP contribution in [0.4, 0.5) is 5.69 Å². The molecule has 3 heterocycles. The predicted molar refractivity (Wildman–Crippen MR) is 85.4 cm³/mol. The van der Waals surface area contributed by atoms with Gasteiger partial charge in [0.15, 0.2) is 0 Å². The van der Waals surface area contributed by atoms with Gasteiger partial charge in [-0.3, -0.25) is 4.79 Å². The third kappa shape index (κ3) is 3.92. The number of amides is 1. The van der Waals surface area contributed by atoms with E-state index in [4.69, 9.17) is 9.26 Å². The Morgan fingerprint density at radius 3 is 3.00 bits per heavy atom. The molecule has 3 rings (SSSR count). The summed E-state index contributed by atoms with van der Waals surface area (Å²) in [5.74, 6) is 1.33. The smallest absolute Gasteiger partial charge is 0.227 e. The van der Waals surface area contributed by atoms with Crippen molar-refractivity contribution in [3.05, 3.63) is 41.0 Å². The van der Waals surface area contributed by atoms with Gasteiger partial charge in [0.2, 0.25) is 23.5 Å². The lowest BCUT2D eigenvalue weighted by Crippen LogP contribution is -2.12. The third-order valence-electron chi connectivity index (χ3n) is 3.04. The number of carbonyl (C=O) groups is 1. The number of aryl methyl sites for hydroxylation is 1. The molecule has 118 valence electrons. The van der Waals surface area contributed by atoms with Crippen molar-refractivity contribution in [3.63, 3.8) is 0 Å². The Labute approximate surface area is 136 Å². The number of thiophene rings is 1. The Kier molecular flexibility index (Phi) is 4.62. The van der Waals surface area contributed by atoms with Crippen LogP contribution in [0.5, 0.6) is 5.88 Å². The molecule has 3 aromatic heterocycles. The average Bonchev–Trinajstić information content (AvgIpc) is 3.25. The molecule has 0 aliphatic carbocycles. The molecule has 1 amide bonds. The van der Waals surface area contributed by atoms with Crippen LogP contribution < -0.4 is 10.1 Å². The monoisotopic (exact) mass is 330 g/mol.